The van der Waals surface area contributed by atoms with Crippen LogP contribution in [-0.2, 0) is 6.42 Å². The summed E-state index contributed by atoms with van der Waals surface area (Å²) in [5, 5.41) is 12.8. The minimum atomic E-state index is -0.0888. The summed E-state index contributed by atoms with van der Waals surface area (Å²) in [6.07, 6.45) is 5.06. The third-order valence-electron chi connectivity index (χ3n) is 3.72. The molecule has 3 heterocycles. The molecule has 0 aliphatic carbocycles. The Bertz CT molecular complexity index is 572. The molecular formula is C15H20N4OS. The van der Waals surface area contributed by atoms with E-state index in [4.69, 9.17) is 0 Å². The molecule has 0 unspecified atom stereocenters. The second-order valence-electron chi connectivity index (χ2n) is 5.27. The van der Waals surface area contributed by atoms with E-state index in [1.807, 2.05) is 16.9 Å². The Morgan fingerprint density at radius 2 is 2.48 bits per heavy atom. The van der Waals surface area contributed by atoms with E-state index in [2.05, 4.69) is 27.2 Å². The van der Waals surface area contributed by atoms with Crippen molar-refractivity contribution < 1.29 is 4.79 Å². The number of piperidine rings is 1. The largest absolute Gasteiger partial charge is 0.350 e. The molecule has 2 aromatic rings. The molecule has 0 radical (unpaired) electrons. The summed E-state index contributed by atoms with van der Waals surface area (Å²) in [5.41, 5.74) is 0.506. The van der Waals surface area contributed by atoms with Crippen LogP contribution < -0.4 is 10.6 Å². The average molecular weight is 304 g/mol. The van der Waals surface area contributed by atoms with E-state index in [0.717, 1.165) is 32.4 Å². The number of carbonyl (C=O) groups excluding carboxylic acids is 1. The highest BCUT2D eigenvalue weighted by Gasteiger charge is 2.17. The zero-order valence-electron chi connectivity index (χ0n) is 11.9. The van der Waals surface area contributed by atoms with Gasteiger partial charge in [-0.1, -0.05) is 6.07 Å². The van der Waals surface area contributed by atoms with Crippen LogP contribution in [0.15, 0.2) is 29.8 Å². The molecule has 1 aliphatic rings. The first-order chi connectivity index (χ1) is 10.3. The Kier molecular flexibility index (Phi) is 4.67. The first kappa shape index (κ1) is 14.3. The van der Waals surface area contributed by atoms with Gasteiger partial charge in [-0.05, 0) is 43.3 Å². The fraction of sp³-hybridized carbons (Fsp3) is 0.467. The third-order valence-corrected chi connectivity index (χ3v) is 4.66. The Labute approximate surface area is 128 Å². The van der Waals surface area contributed by atoms with Gasteiger partial charge in [-0.15, -0.1) is 11.3 Å². The summed E-state index contributed by atoms with van der Waals surface area (Å²) in [4.78, 5) is 13.4. The zero-order valence-corrected chi connectivity index (χ0v) is 12.7. The van der Waals surface area contributed by atoms with E-state index in [0.29, 0.717) is 18.3 Å². The predicted octanol–water partition coefficient (Wildman–Crippen LogP) is 1.84. The van der Waals surface area contributed by atoms with Gasteiger partial charge in [0.1, 0.15) is 5.69 Å². The Hall–Kier alpha value is -1.66. The summed E-state index contributed by atoms with van der Waals surface area (Å²) in [7, 11) is 0. The maximum absolute atomic E-state index is 12.1. The number of hydrogen-bond acceptors (Lipinski definition) is 4. The number of nitrogens with one attached hydrogen (secondary N) is 2. The van der Waals surface area contributed by atoms with Crippen LogP contribution in [0.5, 0.6) is 0 Å². The van der Waals surface area contributed by atoms with Crippen molar-refractivity contribution in [1.29, 1.82) is 0 Å². The molecule has 2 aromatic heterocycles. The van der Waals surface area contributed by atoms with Gasteiger partial charge in [0.25, 0.3) is 5.91 Å². The molecule has 3 rings (SSSR count). The summed E-state index contributed by atoms with van der Waals surface area (Å²) in [6.45, 7) is 2.66. The second kappa shape index (κ2) is 6.87. The lowest BCUT2D eigenvalue weighted by Gasteiger charge is -2.22. The smallest absolute Gasteiger partial charge is 0.271 e. The van der Waals surface area contributed by atoms with Crippen LogP contribution in [0.4, 0.5) is 0 Å². The first-order valence-corrected chi connectivity index (χ1v) is 8.27. The molecule has 1 saturated heterocycles. The molecule has 21 heavy (non-hydrogen) atoms. The van der Waals surface area contributed by atoms with Crippen molar-refractivity contribution >= 4 is 17.2 Å². The molecule has 0 aromatic carbocycles. The Morgan fingerprint density at radius 3 is 3.24 bits per heavy atom. The molecule has 1 fully saturated rings. The van der Waals surface area contributed by atoms with Crippen LogP contribution in [0.2, 0.25) is 0 Å². The van der Waals surface area contributed by atoms with Crippen molar-refractivity contribution in [3.8, 4) is 0 Å². The molecule has 6 heteroatoms. The van der Waals surface area contributed by atoms with Crippen molar-refractivity contribution in [3.63, 3.8) is 0 Å². The summed E-state index contributed by atoms with van der Waals surface area (Å²) >= 11 is 1.72. The molecule has 0 saturated carbocycles. The van der Waals surface area contributed by atoms with Gasteiger partial charge >= 0.3 is 0 Å². The lowest BCUT2D eigenvalue weighted by molar-refractivity contribution is 0.0948. The number of thiophene rings is 1. The van der Waals surface area contributed by atoms with Crippen LogP contribution in [0.3, 0.4) is 0 Å². The summed E-state index contributed by atoms with van der Waals surface area (Å²) in [6, 6.07) is 6.28. The van der Waals surface area contributed by atoms with Crippen molar-refractivity contribution in [2.45, 2.75) is 25.3 Å². The van der Waals surface area contributed by atoms with Gasteiger partial charge in [0.2, 0.25) is 0 Å². The Balaban J connectivity index is 1.51. The third kappa shape index (κ3) is 3.71. The van der Waals surface area contributed by atoms with Gasteiger partial charge in [-0.2, -0.15) is 5.10 Å². The van der Waals surface area contributed by atoms with Crippen LogP contribution in [-0.4, -0.2) is 35.3 Å². The highest BCUT2D eigenvalue weighted by Crippen LogP contribution is 2.15. The van der Waals surface area contributed by atoms with Crippen LogP contribution in [0, 0.1) is 0 Å². The molecule has 5 nitrogen and oxygen atoms in total. The van der Waals surface area contributed by atoms with Crippen molar-refractivity contribution in [3.05, 3.63) is 40.3 Å². The molecule has 112 valence electrons. The standard InChI is InChI=1S/C15H20N4OS/c20-15(17-8-5-13-4-2-10-21-13)14-6-9-19(18-14)12-3-1-7-16-11-12/h2,4,6,9-10,12,16H,1,3,5,7-8,11H2,(H,17,20)/t12-/m0/s1. The number of aromatic nitrogens is 2. The lowest BCUT2D eigenvalue weighted by Crippen LogP contribution is -2.32. The molecule has 1 aliphatic heterocycles. The summed E-state index contributed by atoms with van der Waals surface area (Å²) < 4.78 is 1.92. The van der Waals surface area contributed by atoms with Gasteiger partial charge < -0.3 is 10.6 Å². The fourth-order valence-electron chi connectivity index (χ4n) is 2.57. The maximum atomic E-state index is 12.1. The monoisotopic (exact) mass is 304 g/mol. The molecule has 2 N–H and O–H groups in total. The highest BCUT2D eigenvalue weighted by molar-refractivity contribution is 7.09. The van der Waals surface area contributed by atoms with E-state index < -0.39 is 0 Å². The van der Waals surface area contributed by atoms with Crippen LogP contribution >= 0.6 is 11.3 Å². The van der Waals surface area contributed by atoms with Crippen LogP contribution in [0.1, 0.15) is 34.2 Å². The van der Waals surface area contributed by atoms with Gasteiger partial charge in [0.05, 0.1) is 6.04 Å². The van der Waals surface area contributed by atoms with Gasteiger partial charge in [-0.3, -0.25) is 9.48 Å². The number of carbonyl (C=O) groups is 1. The minimum Gasteiger partial charge on any atom is -0.350 e. The molecule has 1 atom stereocenters. The van der Waals surface area contributed by atoms with Gasteiger partial charge in [-0.25, -0.2) is 0 Å². The minimum absolute atomic E-state index is 0.0888. The number of hydrogen-bond donors (Lipinski definition) is 2. The number of amides is 1. The predicted molar refractivity (Wildman–Crippen MR) is 83.7 cm³/mol. The van der Waals surface area contributed by atoms with Gasteiger partial charge in [0, 0.05) is 24.2 Å². The topological polar surface area (TPSA) is 59.0 Å². The normalized spacial score (nSPS) is 18.6. The van der Waals surface area contributed by atoms with E-state index in [1.165, 1.54) is 4.88 Å². The van der Waals surface area contributed by atoms with E-state index >= 15 is 0 Å². The van der Waals surface area contributed by atoms with E-state index in [1.54, 1.807) is 17.4 Å². The summed E-state index contributed by atoms with van der Waals surface area (Å²) in [5.74, 6) is -0.0888. The SMILES string of the molecule is O=C(NCCc1cccs1)c1ccn([C@H]2CCCNC2)n1. The van der Waals surface area contributed by atoms with E-state index in [-0.39, 0.29) is 5.91 Å². The van der Waals surface area contributed by atoms with Crippen molar-refractivity contribution in [1.82, 2.24) is 20.4 Å². The number of rotatable bonds is 5. The zero-order chi connectivity index (χ0) is 14.5. The second-order valence-corrected chi connectivity index (χ2v) is 6.30. The van der Waals surface area contributed by atoms with Crippen molar-refractivity contribution in [2.75, 3.05) is 19.6 Å². The molecular weight excluding hydrogens is 284 g/mol. The van der Waals surface area contributed by atoms with Crippen LogP contribution in [0.25, 0.3) is 0 Å². The molecule has 0 bridgehead atoms. The van der Waals surface area contributed by atoms with E-state index in [9.17, 15) is 4.79 Å². The lowest BCUT2D eigenvalue weighted by atomic mass is 10.1. The average Bonchev–Trinajstić information content (AvgIpc) is 3.20. The number of nitrogens with zero attached hydrogens (tertiary/aromatic N) is 2. The first-order valence-electron chi connectivity index (χ1n) is 7.39. The fourth-order valence-corrected chi connectivity index (χ4v) is 3.28. The van der Waals surface area contributed by atoms with Crippen molar-refractivity contribution in [2.24, 2.45) is 0 Å². The molecule has 1 amide bonds. The molecule has 0 spiro atoms. The quantitative estimate of drug-likeness (QED) is 0.886. The Morgan fingerprint density at radius 1 is 1.52 bits per heavy atom. The van der Waals surface area contributed by atoms with Gasteiger partial charge in [0.15, 0.2) is 0 Å². The maximum Gasteiger partial charge on any atom is 0.271 e. The highest BCUT2D eigenvalue weighted by atomic mass is 32.1.